The molecule has 0 aliphatic carbocycles. The van der Waals surface area contributed by atoms with E-state index in [1.807, 2.05) is 37.3 Å². The minimum absolute atomic E-state index is 0.275. The molecule has 0 radical (unpaired) electrons. The Morgan fingerprint density at radius 2 is 1.67 bits per heavy atom. The number of halogens is 1. The third kappa shape index (κ3) is 3.11. The number of carbonyl (C=O) groups is 1. The molecular formula is C15H13ClO2. The van der Waals surface area contributed by atoms with E-state index in [0.29, 0.717) is 10.8 Å². The van der Waals surface area contributed by atoms with Crippen molar-refractivity contribution >= 4 is 17.6 Å². The van der Waals surface area contributed by atoms with Gasteiger partial charge in [0.2, 0.25) is 0 Å². The van der Waals surface area contributed by atoms with Crippen LogP contribution in [0.1, 0.15) is 18.4 Å². The molecular weight excluding hydrogens is 248 g/mol. The van der Waals surface area contributed by atoms with Gasteiger partial charge in [-0.15, -0.1) is 0 Å². The topological polar surface area (TPSA) is 26.3 Å². The van der Waals surface area contributed by atoms with Crippen molar-refractivity contribution in [3.63, 3.8) is 0 Å². The predicted octanol–water partition coefficient (Wildman–Crippen LogP) is 4.05. The first-order valence-electron chi connectivity index (χ1n) is 5.69. The lowest BCUT2D eigenvalue weighted by Gasteiger charge is -2.11. The molecule has 2 rings (SSSR count). The smallest absolute Gasteiger partial charge is 0.318 e. The lowest BCUT2D eigenvalue weighted by Crippen LogP contribution is -2.16. The summed E-state index contributed by atoms with van der Waals surface area (Å²) in [5.74, 6) is -0.0330. The maximum Gasteiger partial charge on any atom is 0.318 e. The average molecular weight is 261 g/mol. The highest BCUT2D eigenvalue weighted by Gasteiger charge is 2.17. The van der Waals surface area contributed by atoms with Crippen molar-refractivity contribution in [2.45, 2.75) is 12.8 Å². The van der Waals surface area contributed by atoms with E-state index in [1.54, 1.807) is 24.3 Å². The van der Waals surface area contributed by atoms with Crippen LogP contribution in [0, 0.1) is 0 Å². The van der Waals surface area contributed by atoms with E-state index in [2.05, 4.69) is 0 Å². The highest BCUT2D eigenvalue weighted by atomic mass is 35.5. The molecule has 1 atom stereocenters. The fraction of sp³-hybridized carbons (Fsp3) is 0.133. The maximum atomic E-state index is 11.9. The maximum absolute atomic E-state index is 11.9. The first-order chi connectivity index (χ1) is 8.66. The number of hydrogen-bond acceptors (Lipinski definition) is 2. The van der Waals surface area contributed by atoms with Gasteiger partial charge in [0.15, 0.2) is 0 Å². The van der Waals surface area contributed by atoms with E-state index >= 15 is 0 Å². The van der Waals surface area contributed by atoms with Gasteiger partial charge < -0.3 is 4.74 Å². The summed E-state index contributed by atoms with van der Waals surface area (Å²) >= 11 is 5.81. The molecule has 0 unspecified atom stereocenters. The zero-order chi connectivity index (χ0) is 13.0. The molecule has 0 amide bonds. The Kier molecular flexibility index (Phi) is 4.00. The summed E-state index contributed by atoms with van der Waals surface area (Å²) in [5.41, 5.74) is 0.889. The van der Waals surface area contributed by atoms with Crippen molar-refractivity contribution in [1.82, 2.24) is 0 Å². The Morgan fingerprint density at radius 3 is 2.28 bits per heavy atom. The second kappa shape index (κ2) is 5.69. The Hall–Kier alpha value is -1.80. The Labute approximate surface area is 111 Å². The minimum Gasteiger partial charge on any atom is -0.426 e. The summed E-state index contributed by atoms with van der Waals surface area (Å²) in [4.78, 5) is 11.9. The molecule has 0 aliphatic heterocycles. The molecule has 2 aromatic rings. The molecule has 0 saturated carbocycles. The van der Waals surface area contributed by atoms with E-state index in [4.69, 9.17) is 16.3 Å². The van der Waals surface area contributed by atoms with Crippen LogP contribution in [0.4, 0.5) is 0 Å². The van der Waals surface area contributed by atoms with Crippen LogP contribution in [-0.4, -0.2) is 5.97 Å². The van der Waals surface area contributed by atoms with Crippen LogP contribution in [0.15, 0.2) is 54.6 Å². The average Bonchev–Trinajstić information content (AvgIpc) is 2.40. The number of ether oxygens (including phenoxy) is 1. The van der Waals surface area contributed by atoms with E-state index in [1.165, 1.54) is 0 Å². The quantitative estimate of drug-likeness (QED) is 0.615. The van der Waals surface area contributed by atoms with Crippen LogP contribution in [0.2, 0.25) is 5.02 Å². The molecule has 0 saturated heterocycles. The molecule has 0 aromatic heterocycles. The van der Waals surface area contributed by atoms with Gasteiger partial charge in [0.25, 0.3) is 0 Å². The van der Waals surface area contributed by atoms with Gasteiger partial charge in [-0.1, -0.05) is 41.9 Å². The molecule has 0 fully saturated rings. The number of esters is 1. The SMILES string of the molecule is C[C@@H](C(=O)Oc1ccccc1)c1ccc(Cl)cc1. The minimum atomic E-state index is -0.317. The highest BCUT2D eigenvalue weighted by Crippen LogP contribution is 2.20. The predicted molar refractivity (Wildman–Crippen MR) is 71.9 cm³/mol. The van der Waals surface area contributed by atoms with Crippen molar-refractivity contribution in [2.75, 3.05) is 0 Å². The largest absolute Gasteiger partial charge is 0.426 e. The van der Waals surface area contributed by atoms with E-state index < -0.39 is 0 Å². The van der Waals surface area contributed by atoms with Gasteiger partial charge in [-0.3, -0.25) is 4.79 Å². The van der Waals surface area contributed by atoms with Gasteiger partial charge in [0.05, 0.1) is 5.92 Å². The van der Waals surface area contributed by atoms with E-state index in [9.17, 15) is 4.79 Å². The monoisotopic (exact) mass is 260 g/mol. The Morgan fingerprint density at radius 1 is 1.06 bits per heavy atom. The number of hydrogen-bond donors (Lipinski definition) is 0. The van der Waals surface area contributed by atoms with Crippen molar-refractivity contribution < 1.29 is 9.53 Å². The van der Waals surface area contributed by atoms with Gasteiger partial charge in [-0.2, -0.15) is 0 Å². The third-order valence-corrected chi connectivity index (χ3v) is 2.94. The lowest BCUT2D eigenvalue weighted by molar-refractivity contribution is -0.135. The van der Waals surface area contributed by atoms with Gasteiger partial charge >= 0.3 is 5.97 Å². The molecule has 92 valence electrons. The second-order valence-electron chi connectivity index (χ2n) is 4.01. The fourth-order valence-corrected chi connectivity index (χ4v) is 1.71. The van der Waals surface area contributed by atoms with Crippen LogP contribution in [0.5, 0.6) is 5.75 Å². The standard InChI is InChI=1S/C15H13ClO2/c1-11(12-7-9-13(16)10-8-12)15(17)18-14-5-3-2-4-6-14/h2-11H,1H3/t11-/m1/s1. The molecule has 3 heteroatoms. The second-order valence-corrected chi connectivity index (χ2v) is 4.44. The molecule has 0 aliphatic rings. The van der Waals surface area contributed by atoms with Crippen LogP contribution in [0.25, 0.3) is 0 Å². The summed E-state index contributed by atoms with van der Waals surface area (Å²) in [6, 6.07) is 16.2. The number of benzene rings is 2. The third-order valence-electron chi connectivity index (χ3n) is 2.69. The van der Waals surface area contributed by atoms with Crippen LogP contribution < -0.4 is 4.74 Å². The Bertz CT molecular complexity index is 520. The van der Waals surface area contributed by atoms with Crippen LogP contribution in [0.3, 0.4) is 0 Å². The summed E-state index contributed by atoms with van der Waals surface area (Å²) < 4.78 is 5.29. The van der Waals surface area contributed by atoms with Crippen molar-refractivity contribution in [1.29, 1.82) is 0 Å². The number of carbonyl (C=O) groups excluding carboxylic acids is 1. The van der Waals surface area contributed by atoms with Gasteiger partial charge in [0.1, 0.15) is 5.75 Å². The number of rotatable bonds is 3. The zero-order valence-corrected chi connectivity index (χ0v) is 10.7. The molecule has 2 nitrogen and oxygen atoms in total. The first kappa shape index (κ1) is 12.7. The molecule has 2 aromatic carbocycles. The van der Waals surface area contributed by atoms with E-state index in [0.717, 1.165) is 5.56 Å². The summed E-state index contributed by atoms with van der Waals surface area (Å²) in [7, 11) is 0. The van der Waals surface area contributed by atoms with Gasteiger partial charge in [-0.25, -0.2) is 0 Å². The first-order valence-corrected chi connectivity index (χ1v) is 6.07. The molecule has 0 spiro atoms. The summed E-state index contributed by atoms with van der Waals surface area (Å²) in [5, 5.41) is 0.655. The van der Waals surface area contributed by atoms with Crippen molar-refractivity contribution in [3.05, 3.63) is 65.2 Å². The molecule has 18 heavy (non-hydrogen) atoms. The Balaban J connectivity index is 2.07. The number of para-hydroxylation sites is 1. The molecule has 0 heterocycles. The molecule has 0 bridgehead atoms. The lowest BCUT2D eigenvalue weighted by atomic mass is 10.0. The highest BCUT2D eigenvalue weighted by molar-refractivity contribution is 6.30. The van der Waals surface area contributed by atoms with Crippen LogP contribution in [-0.2, 0) is 4.79 Å². The zero-order valence-electron chi connectivity index (χ0n) is 9.97. The van der Waals surface area contributed by atoms with Crippen molar-refractivity contribution in [3.8, 4) is 5.75 Å². The fourth-order valence-electron chi connectivity index (χ4n) is 1.58. The van der Waals surface area contributed by atoms with Gasteiger partial charge in [0, 0.05) is 5.02 Å². The van der Waals surface area contributed by atoms with Crippen molar-refractivity contribution in [2.24, 2.45) is 0 Å². The normalized spacial score (nSPS) is 11.9. The summed E-state index contributed by atoms with van der Waals surface area (Å²) in [6.07, 6.45) is 0. The summed E-state index contributed by atoms with van der Waals surface area (Å²) in [6.45, 7) is 1.81. The van der Waals surface area contributed by atoms with E-state index in [-0.39, 0.29) is 11.9 Å². The van der Waals surface area contributed by atoms with Crippen LogP contribution >= 0.6 is 11.6 Å². The molecule has 0 N–H and O–H groups in total. The van der Waals surface area contributed by atoms with Gasteiger partial charge in [-0.05, 0) is 36.8 Å².